The Morgan fingerprint density at radius 2 is 1.75 bits per heavy atom. The minimum absolute atomic E-state index is 0.0923. The lowest BCUT2D eigenvalue weighted by Gasteiger charge is -2.47. The Bertz CT molecular complexity index is 684. The van der Waals surface area contributed by atoms with E-state index in [0.29, 0.717) is 6.54 Å². The predicted molar refractivity (Wildman–Crippen MR) is 108 cm³/mol. The molecule has 1 fully saturated rings. The van der Waals surface area contributed by atoms with E-state index in [0.717, 1.165) is 10.6 Å². The van der Waals surface area contributed by atoms with Gasteiger partial charge in [-0.3, -0.25) is 4.79 Å². The number of hydrazine groups is 1. The molecule has 4 atom stereocenters. The van der Waals surface area contributed by atoms with E-state index in [1.165, 1.54) is 0 Å². The molecule has 1 saturated heterocycles. The van der Waals surface area contributed by atoms with Crippen molar-refractivity contribution in [2.24, 2.45) is 17.3 Å². The van der Waals surface area contributed by atoms with Crippen LogP contribution in [0.2, 0.25) is 0 Å². The van der Waals surface area contributed by atoms with Gasteiger partial charge in [-0.1, -0.05) is 71.9 Å². The van der Waals surface area contributed by atoms with E-state index in [1.807, 2.05) is 51.1 Å². The molecule has 6 heteroatoms. The second-order valence-corrected chi connectivity index (χ2v) is 9.29. The van der Waals surface area contributed by atoms with Gasteiger partial charge in [-0.25, -0.2) is 9.80 Å². The normalized spacial score (nSPS) is 23.5. The first kappa shape index (κ1) is 22.4. The summed E-state index contributed by atoms with van der Waals surface area (Å²) in [6, 6.07) is 9.34. The number of imide groups is 1. The van der Waals surface area contributed by atoms with Gasteiger partial charge in [-0.15, -0.1) is 0 Å². The molecule has 1 aromatic rings. The van der Waals surface area contributed by atoms with Crippen LogP contribution in [0.4, 0.5) is 4.79 Å². The number of amides is 2. The summed E-state index contributed by atoms with van der Waals surface area (Å²) in [5.74, 6) is -1.24. The molecule has 156 valence electrons. The summed E-state index contributed by atoms with van der Waals surface area (Å²) in [6.07, 6.45) is -1.99. The van der Waals surface area contributed by atoms with Crippen LogP contribution in [0.25, 0.3) is 0 Å². The van der Waals surface area contributed by atoms with Crippen molar-refractivity contribution in [3.05, 3.63) is 35.9 Å². The number of nitrogens with zero attached hydrogens (tertiary/aromatic N) is 2. The number of aliphatic hydroxyl groups excluding tert-OH is 1. The lowest BCUT2D eigenvalue weighted by molar-refractivity contribution is -0.179. The summed E-state index contributed by atoms with van der Waals surface area (Å²) in [5.41, 5.74) is 0.746. The molecular weight excluding hydrogens is 356 g/mol. The van der Waals surface area contributed by atoms with E-state index < -0.39 is 30.1 Å². The van der Waals surface area contributed by atoms with Gasteiger partial charge >= 0.3 is 6.09 Å². The Labute approximate surface area is 168 Å². The fraction of sp³-hybridized carbons (Fsp3) is 0.636. The number of carbonyl (C=O) groups excluding carboxylic acids is 2. The lowest BCUT2D eigenvalue weighted by atomic mass is 9.92. The third-order valence-corrected chi connectivity index (χ3v) is 5.12. The van der Waals surface area contributed by atoms with Crippen LogP contribution in [0.5, 0.6) is 0 Å². The Balaban J connectivity index is 2.38. The number of ether oxygens (including phenoxy) is 1. The molecule has 1 aliphatic heterocycles. The maximum absolute atomic E-state index is 13.2. The molecule has 0 unspecified atom stereocenters. The summed E-state index contributed by atoms with van der Waals surface area (Å²) >= 11 is 0. The molecule has 2 amide bonds. The van der Waals surface area contributed by atoms with Crippen LogP contribution in [0.1, 0.15) is 60.1 Å². The van der Waals surface area contributed by atoms with Gasteiger partial charge in [0.15, 0.2) is 0 Å². The second kappa shape index (κ2) is 8.62. The maximum atomic E-state index is 13.2. The van der Waals surface area contributed by atoms with Gasteiger partial charge in [0, 0.05) is 6.54 Å². The first-order valence-electron chi connectivity index (χ1n) is 9.98. The van der Waals surface area contributed by atoms with Gasteiger partial charge in [0.25, 0.3) is 5.91 Å². The van der Waals surface area contributed by atoms with Crippen LogP contribution < -0.4 is 0 Å². The van der Waals surface area contributed by atoms with Crippen molar-refractivity contribution in [1.82, 2.24) is 10.0 Å². The second-order valence-electron chi connectivity index (χ2n) is 9.29. The Morgan fingerprint density at radius 3 is 2.25 bits per heavy atom. The molecule has 0 aromatic heterocycles. The Hall–Kier alpha value is -1.92. The first-order chi connectivity index (χ1) is 12.9. The topological polar surface area (TPSA) is 70.1 Å². The average Bonchev–Trinajstić information content (AvgIpc) is 2.62. The van der Waals surface area contributed by atoms with Gasteiger partial charge in [0.2, 0.25) is 0 Å². The molecule has 28 heavy (non-hydrogen) atoms. The summed E-state index contributed by atoms with van der Waals surface area (Å²) in [6.45, 7) is 14.0. The number of aliphatic hydroxyl groups is 1. The molecule has 0 aliphatic carbocycles. The SMILES string of the molecule is CC(C)[C@@H](O)[C@H](C)C(=O)N1C(=O)O[C@H](c2ccccc2)[C@H](C)N1CC(C)(C)C. The van der Waals surface area contributed by atoms with Crippen LogP contribution in [-0.2, 0) is 9.53 Å². The van der Waals surface area contributed by atoms with Crippen molar-refractivity contribution in [2.45, 2.75) is 66.7 Å². The lowest BCUT2D eigenvalue weighted by Crippen LogP contribution is -2.63. The fourth-order valence-corrected chi connectivity index (χ4v) is 3.52. The van der Waals surface area contributed by atoms with Gasteiger partial charge < -0.3 is 9.84 Å². The highest BCUT2D eigenvalue weighted by molar-refractivity contribution is 5.93. The fourth-order valence-electron chi connectivity index (χ4n) is 3.52. The largest absolute Gasteiger partial charge is 0.438 e. The van der Waals surface area contributed by atoms with E-state index >= 15 is 0 Å². The molecule has 0 radical (unpaired) electrons. The number of carbonyl (C=O) groups is 2. The van der Waals surface area contributed by atoms with E-state index in [9.17, 15) is 14.7 Å². The molecular formula is C22H34N2O4. The third kappa shape index (κ3) is 4.92. The number of hydrogen-bond acceptors (Lipinski definition) is 5. The van der Waals surface area contributed by atoms with Crippen molar-refractivity contribution >= 4 is 12.0 Å². The van der Waals surface area contributed by atoms with E-state index in [-0.39, 0.29) is 17.4 Å². The zero-order chi connectivity index (χ0) is 21.2. The molecule has 0 saturated carbocycles. The smallest absolute Gasteiger partial charge is 0.432 e. The minimum atomic E-state index is -0.834. The minimum Gasteiger partial charge on any atom is -0.438 e. The molecule has 1 N–H and O–H groups in total. The summed E-state index contributed by atoms with van der Waals surface area (Å²) in [4.78, 5) is 26.1. The number of rotatable bonds is 5. The molecule has 6 nitrogen and oxygen atoms in total. The Kier molecular flexibility index (Phi) is 6.88. The van der Waals surface area contributed by atoms with Crippen molar-refractivity contribution in [3.63, 3.8) is 0 Å². The van der Waals surface area contributed by atoms with Crippen molar-refractivity contribution in [1.29, 1.82) is 0 Å². The standard InChI is InChI=1S/C22H34N2O4/c1-14(2)18(25)15(3)20(26)24-21(27)28-19(17-11-9-8-10-12-17)16(4)23(24)13-22(5,6)7/h8-12,14-16,18-19,25H,13H2,1-7H3/t15-,16-,18+,19-/m0/s1. The van der Waals surface area contributed by atoms with Gasteiger partial charge in [0.1, 0.15) is 6.10 Å². The van der Waals surface area contributed by atoms with Crippen LogP contribution in [0.15, 0.2) is 30.3 Å². The van der Waals surface area contributed by atoms with Crippen LogP contribution in [0, 0.1) is 17.3 Å². The number of hydrogen-bond donors (Lipinski definition) is 1. The highest BCUT2D eigenvalue weighted by Gasteiger charge is 2.46. The van der Waals surface area contributed by atoms with Gasteiger partial charge in [-0.05, 0) is 23.8 Å². The highest BCUT2D eigenvalue weighted by atomic mass is 16.6. The number of benzene rings is 1. The van der Waals surface area contributed by atoms with Gasteiger partial charge in [-0.2, -0.15) is 5.01 Å². The predicted octanol–water partition coefficient (Wildman–Crippen LogP) is 4.01. The summed E-state index contributed by atoms with van der Waals surface area (Å²) in [7, 11) is 0. The monoisotopic (exact) mass is 390 g/mol. The zero-order valence-corrected chi connectivity index (χ0v) is 18.0. The molecule has 0 bridgehead atoms. The zero-order valence-electron chi connectivity index (χ0n) is 18.0. The van der Waals surface area contributed by atoms with Crippen molar-refractivity contribution in [3.8, 4) is 0 Å². The summed E-state index contributed by atoms with van der Waals surface area (Å²) < 4.78 is 5.70. The van der Waals surface area contributed by atoms with Crippen LogP contribution in [-0.4, -0.2) is 45.8 Å². The maximum Gasteiger partial charge on any atom is 0.432 e. The molecule has 2 rings (SSSR count). The molecule has 1 aliphatic rings. The highest BCUT2D eigenvalue weighted by Crippen LogP contribution is 2.34. The van der Waals surface area contributed by atoms with Gasteiger partial charge in [0.05, 0.1) is 18.1 Å². The van der Waals surface area contributed by atoms with Crippen molar-refractivity contribution in [2.75, 3.05) is 6.54 Å². The molecule has 0 spiro atoms. The van der Waals surface area contributed by atoms with E-state index in [4.69, 9.17) is 4.74 Å². The average molecular weight is 391 g/mol. The number of cyclic esters (lactones) is 1. The van der Waals surface area contributed by atoms with Crippen LogP contribution >= 0.6 is 0 Å². The van der Waals surface area contributed by atoms with Crippen LogP contribution in [0.3, 0.4) is 0 Å². The third-order valence-electron chi connectivity index (χ3n) is 5.12. The summed E-state index contributed by atoms with van der Waals surface area (Å²) in [5, 5.41) is 13.3. The van der Waals surface area contributed by atoms with E-state index in [1.54, 1.807) is 11.9 Å². The van der Waals surface area contributed by atoms with Crippen molar-refractivity contribution < 1.29 is 19.4 Å². The first-order valence-corrected chi connectivity index (χ1v) is 9.98. The Morgan fingerprint density at radius 1 is 1.18 bits per heavy atom. The molecule has 1 aromatic carbocycles. The quantitative estimate of drug-likeness (QED) is 0.822. The molecule has 1 heterocycles. The van der Waals surface area contributed by atoms with E-state index in [2.05, 4.69) is 20.8 Å².